The highest BCUT2D eigenvalue weighted by atomic mass is 19.1. The molecule has 0 radical (unpaired) electrons. The summed E-state index contributed by atoms with van der Waals surface area (Å²) in [6, 6.07) is 4.30. The number of halogens is 1. The molecule has 2 amide bonds. The summed E-state index contributed by atoms with van der Waals surface area (Å²) in [6.45, 7) is 1.80. The van der Waals surface area contributed by atoms with Crippen LogP contribution in [0.5, 0.6) is 0 Å². The number of aliphatic carboxylic acids is 1. The number of hydrogen-bond acceptors (Lipinski definition) is 2. The van der Waals surface area contributed by atoms with Gasteiger partial charge in [-0.3, -0.25) is 0 Å². The Labute approximate surface area is 104 Å². The van der Waals surface area contributed by atoms with E-state index in [1.807, 2.05) is 0 Å². The van der Waals surface area contributed by atoms with Crippen molar-refractivity contribution in [3.8, 4) is 0 Å². The van der Waals surface area contributed by atoms with E-state index in [2.05, 4.69) is 10.6 Å². The van der Waals surface area contributed by atoms with Gasteiger partial charge < -0.3 is 15.7 Å². The molecule has 1 rings (SSSR count). The number of carboxylic acids is 1. The van der Waals surface area contributed by atoms with Crippen molar-refractivity contribution in [2.24, 2.45) is 0 Å². The predicted molar refractivity (Wildman–Crippen MR) is 63.5 cm³/mol. The predicted octanol–water partition coefficient (Wildman–Crippen LogP) is 1.49. The van der Waals surface area contributed by atoms with Crippen LogP contribution >= 0.6 is 0 Å². The highest BCUT2D eigenvalue weighted by molar-refractivity contribution is 5.82. The SMILES string of the molecule is CC[C@H](NC(=O)NCc1cccc(F)c1)C(=O)O. The van der Waals surface area contributed by atoms with Crippen molar-refractivity contribution < 1.29 is 19.1 Å². The lowest BCUT2D eigenvalue weighted by molar-refractivity contribution is -0.139. The Morgan fingerprint density at radius 2 is 2.17 bits per heavy atom. The van der Waals surface area contributed by atoms with Crippen LogP contribution in [0, 0.1) is 5.82 Å². The van der Waals surface area contributed by atoms with E-state index in [-0.39, 0.29) is 12.4 Å². The van der Waals surface area contributed by atoms with Gasteiger partial charge in [-0.2, -0.15) is 0 Å². The average molecular weight is 254 g/mol. The fourth-order valence-corrected chi connectivity index (χ4v) is 1.38. The van der Waals surface area contributed by atoms with Gasteiger partial charge in [0, 0.05) is 6.54 Å². The zero-order chi connectivity index (χ0) is 13.5. The van der Waals surface area contributed by atoms with E-state index in [1.54, 1.807) is 13.0 Å². The van der Waals surface area contributed by atoms with E-state index >= 15 is 0 Å². The van der Waals surface area contributed by atoms with Crippen molar-refractivity contribution in [3.63, 3.8) is 0 Å². The monoisotopic (exact) mass is 254 g/mol. The lowest BCUT2D eigenvalue weighted by Crippen LogP contribution is -2.45. The topological polar surface area (TPSA) is 78.4 Å². The Hall–Kier alpha value is -2.11. The molecule has 0 fully saturated rings. The first kappa shape index (κ1) is 14.0. The molecule has 0 aliphatic carbocycles. The zero-order valence-electron chi connectivity index (χ0n) is 9.94. The molecule has 0 heterocycles. The van der Waals surface area contributed by atoms with Gasteiger partial charge in [0.2, 0.25) is 0 Å². The Bertz CT molecular complexity index is 437. The third kappa shape index (κ3) is 4.40. The van der Waals surface area contributed by atoms with Gasteiger partial charge in [-0.25, -0.2) is 14.0 Å². The minimum Gasteiger partial charge on any atom is -0.480 e. The number of benzene rings is 1. The largest absolute Gasteiger partial charge is 0.480 e. The van der Waals surface area contributed by atoms with E-state index < -0.39 is 18.0 Å². The lowest BCUT2D eigenvalue weighted by Gasteiger charge is -2.13. The summed E-state index contributed by atoms with van der Waals surface area (Å²) in [5.41, 5.74) is 0.605. The smallest absolute Gasteiger partial charge is 0.326 e. The second kappa shape index (κ2) is 6.58. The van der Waals surface area contributed by atoms with Gasteiger partial charge in [0.1, 0.15) is 11.9 Å². The summed E-state index contributed by atoms with van der Waals surface area (Å²) in [5, 5.41) is 13.5. The van der Waals surface area contributed by atoms with E-state index in [1.165, 1.54) is 18.2 Å². The molecule has 0 aliphatic rings. The fraction of sp³-hybridized carbons (Fsp3) is 0.333. The van der Waals surface area contributed by atoms with E-state index in [0.717, 1.165) is 0 Å². The number of carbonyl (C=O) groups is 2. The highest BCUT2D eigenvalue weighted by Crippen LogP contribution is 2.02. The molecular weight excluding hydrogens is 239 g/mol. The molecule has 5 nitrogen and oxygen atoms in total. The summed E-state index contributed by atoms with van der Waals surface area (Å²) in [6.07, 6.45) is 0.294. The lowest BCUT2D eigenvalue weighted by atomic mass is 10.2. The van der Waals surface area contributed by atoms with Gasteiger partial charge in [-0.15, -0.1) is 0 Å². The average Bonchev–Trinajstić information content (AvgIpc) is 2.33. The van der Waals surface area contributed by atoms with Crippen LogP contribution in [-0.2, 0) is 11.3 Å². The number of carboxylic acid groups (broad SMARTS) is 1. The second-order valence-electron chi connectivity index (χ2n) is 3.76. The van der Waals surface area contributed by atoms with Crippen LogP contribution in [0.4, 0.5) is 9.18 Å². The van der Waals surface area contributed by atoms with Crippen LogP contribution < -0.4 is 10.6 Å². The molecule has 98 valence electrons. The van der Waals surface area contributed by atoms with E-state index in [9.17, 15) is 14.0 Å². The summed E-state index contributed by atoms with van der Waals surface area (Å²) in [4.78, 5) is 22.1. The molecule has 0 unspecified atom stereocenters. The number of rotatable bonds is 5. The maximum atomic E-state index is 12.9. The summed E-state index contributed by atoms with van der Waals surface area (Å²) in [5.74, 6) is -1.47. The fourth-order valence-electron chi connectivity index (χ4n) is 1.38. The van der Waals surface area contributed by atoms with Crippen molar-refractivity contribution in [1.29, 1.82) is 0 Å². The molecular formula is C12H15FN2O3. The maximum Gasteiger partial charge on any atom is 0.326 e. The molecule has 0 aromatic heterocycles. The van der Waals surface area contributed by atoms with Crippen molar-refractivity contribution in [3.05, 3.63) is 35.6 Å². The van der Waals surface area contributed by atoms with Gasteiger partial charge in [0.25, 0.3) is 0 Å². The molecule has 0 saturated carbocycles. The zero-order valence-corrected chi connectivity index (χ0v) is 9.94. The standard InChI is InChI=1S/C12H15FN2O3/c1-2-10(11(16)17)15-12(18)14-7-8-4-3-5-9(13)6-8/h3-6,10H,2,7H2,1H3,(H,16,17)(H2,14,15,18)/t10-/m0/s1. The molecule has 1 aromatic carbocycles. The highest BCUT2D eigenvalue weighted by Gasteiger charge is 2.16. The molecule has 0 bridgehead atoms. The van der Waals surface area contributed by atoms with Gasteiger partial charge in [0.05, 0.1) is 0 Å². The number of urea groups is 1. The van der Waals surface area contributed by atoms with Crippen LogP contribution in [0.25, 0.3) is 0 Å². The first-order valence-corrected chi connectivity index (χ1v) is 5.54. The van der Waals surface area contributed by atoms with Crippen molar-refractivity contribution >= 4 is 12.0 Å². The normalized spacial score (nSPS) is 11.7. The van der Waals surface area contributed by atoms with Crippen LogP contribution in [-0.4, -0.2) is 23.1 Å². The number of nitrogens with one attached hydrogen (secondary N) is 2. The Balaban J connectivity index is 2.44. The maximum absolute atomic E-state index is 12.9. The third-order valence-corrected chi connectivity index (χ3v) is 2.35. The third-order valence-electron chi connectivity index (χ3n) is 2.35. The van der Waals surface area contributed by atoms with Gasteiger partial charge in [0.15, 0.2) is 0 Å². The molecule has 1 atom stereocenters. The van der Waals surface area contributed by atoms with Crippen LogP contribution in [0.15, 0.2) is 24.3 Å². The van der Waals surface area contributed by atoms with Crippen LogP contribution in [0.2, 0.25) is 0 Å². The van der Waals surface area contributed by atoms with E-state index in [0.29, 0.717) is 12.0 Å². The number of carbonyl (C=O) groups excluding carboxylic acids is 1. The van der Waals surface area contributed by atoms with Crippen molar-refractivity contribution in [1.82, 2.24) is 10.6 Å². The molecule has 6 heteroatoms. The van der Waals surface area contributed by atoms with Gasteiger partial charge in [-0.05, 0) is 24.1 Å². The summed E-state index contributed by atoms with van der Waals surface area (Å²) in [7, 11) is 0. The number of amides is 2. The van der Waals surface area contributed by atoms with Crippen LogP contribution in [0.3, 0.4) is 0 Å². The van der Waals surface area contributed by atoms with Crippen LogP contribution in [0.1, 0.15) is 18.9 Å². The van der Waals surface area contributed by atoms with Crippen molar-refractivity contribution in [2.75, 3.05) is 0 Å². The minimum absolute atomic E-state index is 0.139. The first-order valence-electron chi connectivity index (χ1n) is 5.54. The molecule has 0 aliphatic heterocycles. The summed E-state index contributed by atoms with van der Waals surface area (Å²) < 4.78 is 12.9. The Morgan fingerprint density at radius 3 is 2.72 bits per heavy atom. The molecule has 1 aromatic rings. The number of hydrogen-bond donors (Lipinski definition) is 3. The molecule has 0 spiro atoms. The molecule has 0 saturated heterocycles. The second-order valence-corrected chi connectivity index (χ2v) is 3.76. The van der Waals surface area contributed by atoms with Gasteiger partial charge >= 0.3 is 12.0 Å². The quantitative estimate of drug-likeness (QED) is 0.744. The Kier molecular flexibility index (Phi) is 5.10. The van der Waals surface area contributed by atoms with Crippen molar-refractivity contribution in [2.45, 2.75) is 25.9 Å². The molecule has 3 N–H and O–H groups in total. The summed E-state index contributed by atoms with van der Waals surface area (Å²) >= 11 is 0. The van der Waals surface area contributed by atoms with E-state index in [4.69, 9.17) is 5.11 Å². The molecule has 18 heavy (non-hydrogen) atoms. The Morgan fingerprint density at radius 1 is 1.44 bits per heavy atom. The minimum atomic E-state index is -1.08. The van der Waals surface area contributed by atoms with Gasteiger partial charge in [-0.1, -0.05) is 19.1 Å². The first-order chi connectivity index (χ1) is 8.52.